The molecule has 0 saturated carbocycles. The number of nitrogens with one attached hydrogen (secondary N) is 2. The fourth-order valence-corrected chi connectivity index (χ4v) is 3.77. The summed E-state index contributed by atoms with van der Waals surface area (Å²) in [5.74, 6) is 0.839. The zero-order valence-corrected chi connectivity index (χ0v) is 15.6. The van der Waals surface area contributed by atoms with Crippen molar-refractivity contribution in [3.63, 3.8) is 0 Å². The largest absolute Gasteiger partial charge is 0.354 e. The SMILES string of the molecule is CN1CCC(CNc2ncc3c(-c4cc(F)c5ncnn5c4)c[nH]c3n2)CC1. The van der Waals surface area contributed by atoms with Crippen LogP contribution >= 0.6 is 0 Å². The molecule has 1 fully saturated rings. The number of pyridine rings is 1. The number of H-pyrrole nitrogens is 1. The van der Waals surface area contributed by atoms with Crippen molar-refractivity contribution in [2.75, 3.05) is 32.0 Å². The molecule has 0 spiro atoms. The van der Waals surface area contributed by atoms with E-state index >= 15 is 0 Å². The fraction of sp³-hybridized carbons (Fsp3) is 0.368. The van der Waals surface area contributed by atoms with Crippen LogP contribution in [-0.4, -0.2) is 61.1 Å². The van der Waals surface area contributed by atoms with E-state index in [1.165, 1.54) is 29.8 Å². The Kier molecular flexibility index (Phi) is 4.16. The molecule has 0 aliphatic carbocycles. The molecule has 0 unspecified atom stereocenters. The third kappa shape index (κ3) is 3.07. The Morgan fingerprint density at radius 3 is 3.00 bits per heavy atom. The van der Waals surface area contributed by atoms with E-state index in [1.807, 2.05) is 6.20 Å². The number of nitrogens with zero attached hydrogens (tertiary/aromatic N) is 6. The molecule has 0 amide bonds. The van der Waals surface area contributed by atoms with Crippen LogP contribution in [0.5, 0.6) is 0 Å². The maximum Gasteiger partial charge on any atom is 0.224 e. The van der Waals surface area contributed by atoms with Crippen molar-refractivity contribution >= 4 is 22.6 Å². The normalized spacial score (nSPS) is 16.2. The van der Waals surface area contributed by atoms with E-state index in [0.717, 1.165) is 36.2 Å². The molecule has 9 heteroatoms. The minimum Gasteiger partial charge on any atom is -0.354 e. The van der Waals surface area contributed by atoms with E-state index in [0.29, 0.717) is 17.4 Å². The Bertz CT molecular complexity index is 1130. The first-order chi connectivity index (χ1) is 13.7. The van der Waals surface area contributed by atoms with Crippen LogP contribution in [-0.2, 0) is 0 Å². The van der Waals surface area contributed by atoms with Crippen molar-refractivity contribution in [1.82, 2.24) is 34.4 Å². The average Bonchev–Trinajstić information content (AvgIpc) is 3.34. The highest BCUT2D eigenvalue weighted by atomic mass is 19.1. The van der Waals surface area contributed by atoms with Crippen molar-refractivity contribution in [1.29, 1.82) is 0 Å². The average molecular weight is 380 g/mol. The highest BCUT2D eigenvalue weighted by molar-refractivity contribution is 5.93. The molecule has 0 aromatic carbocycles. The van der Waals surface area contributed by atoms with Crippen LogP contribution in [0.25, 0.3) is 27.8 Å². The minimum absolute atomic E-state index is 0.209. The van der Waals surface area contributed by atoms with E-state index in [4.69, 9.17) is 0 Å². The number of halogens is 1. The summed E-state index contributed by atoms with van der Waals surface area (Å²) in [4.78, 5) is 18.5. The summed E-state index contributed by atoms with van der Waals surface area (Å²) < 4.78 is 15.7. The first kappa shape index (κ1) is 17.1. The number of piperidine rings is 1. The topological polar surface area (TPSA) is 87.0 Å². The first-order valence-electron chi connectivity index (χ1n) is 9.43. The molecular formula is C19H21FN8. The molecule has 2 N–H and O–H groups in total. The van der Waals surface area contributed by atoms with Gasteiger partial charge in [-0.3, -0.25) is 0 Å². The van der Waals surface area contributed by atoms with Crippen LogP contribution in [0.15, 0.2) is 31.0 Å². The molecule has 1 aliphatic heterocycles. The quantitative estimate of drug-likeness (QED) is 0.566. The number of aromatic nitrogens is 6. The third-order valence-corrected chi connectivity index (χ3v) is 5.46. The van der Waals surface area contributed by atoms with Crippen molar-refractivity contribution < 1.29 is 4.39 Å². The molecule has 28 heavy (non-hydrogen) atoms. The molecule has 5 heterocycles. The fourth-order valence-electron chi connectivity index (χ4n) is 3.77. The van der Waals surface area contributed by atoms with E-state index in [1.54, 1.807) is 12.4 Å². The van der Waals surface area contributed by atoms with E-state index < -0.39 is 5.82 Å². The van der Waals surface area contributed by atoms with Crippen molar-refractivity contribution in [2.24, 2.45) is 5.92 Å². The summed E-state index contributed by atoms with van der Waals surface area (Å²) >= 11 is 0. The second kappa shape index (κ2) is 6.83. The highest BCUT2D eigenvalue weighted by Crippen LogP contribution is 2.29. The number of anilines is 1. The lowest BCUT2D eigenvalue weighted by atomic mass is 9.97. The molecular weight excluding hydrogens is 359 g/mol. The van der Waals surface area contributed by atoms with Crippen LogP contribution in [0.4, 0.5) is 10.3 Å². The van der Waals surface area contributed by atoms with Crippen LogP contribution in [0.1, 0.15) is 12.8 Å². The summed E-state index contributed by atoms with van der Waals surface area (Å²) in [6.07, 6.45) is 9.05. The number of aromatic amines is 1. The van der Waals surface area contributed by atoms with Gasteiger partial charge in [0.25, 0.3) is 0 Å². The Labute approximate surface area is 160 Å². The van der Waals surface area contributed by atoms with Gasteiger partial charge < -0.3 is 15.2 Å². The molecule has 144 valence electrons. The molecule has 5 rings (SSSR count). The van der Waals surface area contributed by atoms with Gasteiger partial charge in [-0.15, -0.1) is 0 Å². The molecule has 4 aromatic rings. The molecule has 0 atom stereocenters. The van der Waals surface area contributed by atoms with Crippen LogP contribution in [0.3, 0.4) is 0 Å². The molecule has 8 nitrogen and oxygen atoms in total. The van der Waals surface area contributed by atoms with Crippen molar-refractivity contribution in [3.8, 4) is 11.1 Å². The van der Waals surface area contributed by atoms with Gasteiger partial charge >= 0.3 is 0 Å². The molecule has 0 bridgehead atoms. The van der Waals surface area contributed by atoms with Crippen LogP contribution < -0.4 is 5.32 Å². The summed E-state index contributed by atoms with van der Waals surface area (Å²) in [5.41, 5.74) is 2.45. The monoisotopic (exact) mass is 380 g/mol. The maximum absolute atomic E-state index is 14.3. The summed E-state index contributed by atoms with van der Waals surface area (Å²) in [5, 5.41) is 8.22. The van der Waals surface area contributed by atoms with Gasteiger partial charge in [0.2, 0.25) is 5.95 Å². The molecule has 1 saturated heterocycles. The summed E-state index contributed by atoms with van der Waals surface area (Å²) in [6.45, 7) is 3.15. The predicted octanol–water partition coefficient (Wildman–Crippen LogP) is 2.56. The van der Waals surface area contributed by atoms with Crippen LogP contribution in [0.2, 0.25) is 0 Å². The standard InChI is InChI=1S/C19H21FN8/c1-27-4-2-12(3-5-27)7-22-19-23-9-15-14(8-21-17(15)26-19)13-6-16(20)18-24-11-25-28(18)10-13/h6,8-12H,2-5,7H2,1H3,(H2,21,22,23,26). The van der Waals surface area contributed by atoms with Gasteiger partial charge in [-0.1, -0.05) is 0 Å². The Hall–Kier alpha value is -3.07. The lowest BCUT2D eigenvalue weighted by molar-refractivity contribution is 0.226. The van der Waals surface area contributed by atoms with Gasteiger partial charge in [0.1, 0.15) is 12.0 Å². The van der Waals surface area contributed by atoms with Crippen LogP contribution in [0, 0.1) is 11.7 Å². The number of hydrogen-bond donors (Lipinski definition) is 2. The zero-order valence-electron chi connectivity index (χ0n) is 15.6. The zero-order chi connectivity index (χ0) is 19.1. The van der Waals surface area contributed by atoms with Gasteiger partial charge in [-0.25, -0.2) is 18.9 Å². The van der Waals surface area contributed by atoms with E-state index in [2.05, 4.69) is 42.3 Å². The smallest absolute Gasteiger partial charge is 0.224 e. The second-order valence-corrected chi connectivity index (χ2v) is 7.39. The lowest BCUT2D eigenvalue weighted by Crippen LogP contribution is -2.33. The van der Waals surface area contributed by atoms with Gasteiger partial charge in [-0.05, 0) is 45.0 Å². The van der Waals surface area contributed by atoms with Crippen molar-refractivity contribution in [3.05, 3.63) is 36.8 Å². The predicted molar refractivity (Wildman–Crippen MR) is 105 cm³/mol. The van der Waals surface area contributed by atoms with Gasteiger partial charge in [0, 0.05) is 41.6 Å². The summed E-state index contributed by atoms with van der Waals surface area (Å²) in [6, 6.07) is 1.46. The highest BCUT2D eigenvalue weighted by Gasteiger charge is 2.17. The lowest BCUT2D eigenvalue weighted by Gasteiger charge is -2.28. The van der Waals surface area contributed by atoms with Crippen molar-refractivity contribution in [2.45, 2.75) is 12.8 Å². The third-order valence-electron chi connectivity index (χ3n) is 5.46. The second-order valence-electron chi connectivity index (χ2n) is 7.39. The van der Waals surface area contributed by atoms with Gasteiger partial charge in [0.05, 0.1) is 0 Å². The number of hydrogen-bond acceptors (Lipinski definition) is 6. The Morgan fingerprint density at radius 2 is 2.14 bits per heavy atom. The van der Waals surface area contributed by atoms with E-state index in [-0.39, 0.29) is 5.65 Å². The number of rotatable bonds is 4. The Morgan fingerprint density at radius 1 is 1.29 bits per heavy atom. The minimum atomic E-state index is -0.415. The molecule has 4 aromatic heterocycles. The van der Waals surface area contributed by atoms with Gasteiger partial charge in [0.15, 0.2) is 11.5 Å². The molecule has 1 aliphatic rings. The number of fused-ring (bicyclic) bond motifs is 2. The first-order valence-corrected chi connectivity index (χ1v) is 9.43. The number of likely N-dealkylation sites (tertiary alicyclic amines) is 1. The Balaban J connectivity index is 1.38. The maximum atomic E-state index is 14.3. The summed E-state index contributed by atoms with van der Waals surface area (Å²) in [7, 11) is 2.16. The van der Waals surface area contributed by atoms with E-state index in [9.17, 15) is 4.39 Å². The molecule has 0 radical (unpaired) electrons. The van der Waals surface area contributed by atoms with Gasteiger partial charge in [-0.2, -0.15) is 10.1 Å².